The first-order valence-corrected chi connectivity index (χ1v) is 8.38. The molecule has 1 aliphatic heterocycles. The lowest BCUT2D eigenvalue weighted by Crippen LogP contribution is -2.44. The number of carbonyl (C=O) groups is 4. The van der Waals surface area contributed by atoms with E-state index >= 15 is 0 Å². The van der Waals surface area contributed by atoms with Gasteiger partial charge >= 0.3 is 5.97 Å². The van der Waals surface area contributed by atoms with Gasteiger partial charge in [-0.15, -0.1) is 0 Å². The third-order valence-corrected chi connectivity index (χ3v) is 4.32. The van der Waals surface area contributed by atoms with Gasteiger partial charge < -0.3 is 10.1 Å². The van der Waals surface area contributed by atoms with E-state index in [9.17, 15) is 19.2 Å². The fourth-order valence-electron chi connectivity index (χ4n) is 2.75. The van der Waals surface area contributed by atoms with Gasteiger partial charge in [0.1, 0.15) is 6.04 Å². The summed E-state index contributed by atoms with van der Waals surface area (Å²) >= 11 is 0. The van der Waals surface area contributed by atoms with Crippen molar-refractivity contribution in [1.29, 1.82) is 0 Å². The number of nitrogens with one attached hydrogen (secondary N) is 1. The number of benzene rings is 1. The maximum absolute atomic E-state index is 12.5. The van der Waals surface area contributed by atoms with Gasteiger partial charge in [-0.05, 0) is 19.8 Å². The number of carbonyl (C=O) groups excluding carboxylic acids is 4. The molecular weight excluding hydrogens is 324 g/mol. The molecule has 1 N–H and O–H groups in total. The summed E-state index contributed by atoms with van der Waals surface area (Å²) in [6.45, 7) is 1.43. The molecule has 1 heterocycles. The molecule has 2 fully saturated rings. The number of amides is 3. The van der Waals surface area contributed by atoms with Gasteiger partial charge in [0.15, 0.2) is 0 Å². The van der Waals surface area contributed by atoms with Crippen molar-refractivity contribution in [2.75, 3.05) is 0 Å². The van der Waals surface area contributed by atoms with Crippen LogP contribution >= 0.6 is 0 Å². The van der Waals surface area contributed by atoms with E-state index in [0.29, 0.717) is 5.56 Å². The van der Waals surface area contributed by atoms with Gasteiger partial charge in [-0.1, -0.05) is 30.3 Å². The molecular formula is C18H20N2O5. The molecule has 0 radical (unpaired) electrons. The van der Waals surface area contributed by atoms with Crippen molar-refractivity contribution in [3.63, 3.8) is 0 Å². The van der Waals surface area contributed by atoms with Crippen LogP contribution in [0.25, 0.3) is 0 Å². The first-order chi connectivity index (χ1) is 12.0. The maximum atomic E-state index is 12.5. The van der Waals surface area contributed by atoms with Crippen molar-refractivity contribution in [1.82, 2.24) is 10.2 Å². The van der Waals surface area contributed by atoms with E-state index in [-0.39, 0.29) is 18.9 Å². The van der Waals surface area contributed by atoms with E-state index in [1.807, 2.05) is 0 Å². The summed E-state index contributed by atoms with van der Waals surface area (Å²) in [5, 5.41) is 2.82. The molecule has 1 aliphatic carbocycles. The number of imide groups is 1. The lowest BCUT2D eigenvalue weighted by atomic mass is 10.1. The highest BCUT2D eigenvalue weighted by molar-refractivity contribution is 6.05. The van der Waals surface area contributed by atoms with Crippen LogP contribution in [0.3, 0.4) is 0 Å². The summed E-state index contributed by atoms with van der Waals surface area (Å²) < 4.78 is 5.40. The summed E-state index contributed by atoms with van der Waals surface area (Å²) in [6.07, 6.45) is 0.911. The molecule has 25 heavy (non-hydrogen) atoms. The zero-order chi connectivity index (χ0) is 18.0. The van der Waals surface area contributed by atoms with Crippen molar-refractivity contribution in [2.45, 2.75) is 50.8 Å². The Labute approximate surface area is 145 Å². The number of ether oxygens (including phenoxy) is 1. The predicted molar refractivity (Wildman–Crippen MR) is 87.0 cm³/mol. The number of esters is 1. The van der Waals surface area contributed by atoms with E-state index in [2.05, 4.69) is 5.32 Å². The Balaban J connectivity index is 1.74. The number of nitrogens with zero attached hydrogens (tertiary/aromatic N) is 1. The predicted octanol–water partition coefficient (Wildman–Crippen LogP) is 1.09. The monoisotopic (exact) mass is 344 g/mol. The van der Waals surface area contributed by atoms with Crippen molar-refractivity contribution in [3.8, 4) is 0 Å². The van der Waals surface area contributed by atoms with Crippen LogP contribution in [0, 0.1) is 0 Å². The van der Waals surface area contributed by atoms with Crippen LogP contribution < -0.4 is 5.32 Å². The Kier molecular flexibility index (Phi) is 4.83. The summed E-state index contributed by atoms with van der Waals surface area (Å²) in [4.78, 5) is 49.4. The average molecular weight is 344 g/mol. The molecule has 7 nitrogen and oxygen atoms in total. The summed E-state index contributed by atoms with van der Waals surface area (Å²) in [7, 11) is 0. The topological polar surface area (TPSA) is 92.8 Å². The van der Waals surface area contributed by atoms with Crippen LogP contribution in [0.2, 0.25) is 0 Å². The van der Waals surface area contributed by atoms with Gasteiger partial charge in [0.2, 0.25) is 17.9 Å². The van der Waals surface area contributed by atoms with Crippen molar-refractivity contribution >= 4 is 23.7 Å². The fourth-order valence-corrected chi connectivity index (χ4v) is 2.75. The second kappa shape index (κ2) is 7.04. The minimum Gasteiger partial charge on any atom is -0.446 e. The third kappa shape index (κ3) is 3.87. The lowest BCUT2D eigenvalue weighted by Gasteiger charge is -2.24. The zero-order valence-corrected chi connectivity index (χ0v) is 13.9. The molecule has 1 saturated carbocycles. The molecule has 2 aliphatic rings. The molecule has 1 aromatic carbocycles. The molecule has 0 aromatic heterocycles. The number of hydrogen-bond acceptors (Lipinski definition) is 5. The molecule has 0 unspecified atom stereocenters. The van der Waals surface area contributed by atoms with Crippen LogP contribution in [-0.2, 0) is 23.9 Å². The molecule has 7 heteroatoms. The molecule has 132 valence electrons. The quantitative estimate of drug-likeness (QED) is 0.616. The van der Waals surface area contributed by atoms with Gasteiger partial charge in [0.05, 0.1) is 0 Å². The normalized spacial score (nSPS) is 19.5. The maximum Gasteiger partial charge on any atom is 0.330 e. The summed E-state index contributed by atoms with van der Waals surface area (Å²) in [5.41, 5.74) is 0.542. The van der Waals surface area contributed by atoms with Crippen molar-refractivity contribution in [2.24, 2.45) is 0 Å². The minimum absolute atomic E-state index is 0.0979. The van der Waals surface area contributed by atoms with Gasteiger partial charge in [0.25, 0.3) is 5.91 Å². The van der Waals surface area contributed by atoms with E-state index in [1.54, 1.807) is 30.3 Å². The Morgan fingerprint density at radius 3 is 2.28 bits per heavy atom. The second-order valence-corrected chi connectivity index (χ2v) is 6.34. The van der Waals surface area contributed by atoms with Crippen molar-refractivity contribution < 1.29 is 23.9 Å². The highest BCUT2D eigenvalue weighted by Gasteiger charge is 2.39. The molecule has 1 aromatic rings. The summed E-state index contributed by atoms with van der Waals surface area (Å²) in [6, 6.07) is 7.75. The van der Waals surface area contributed by atoms with Gasteiger partial charge in [-0.3, -0.25) is 19.3 Å². The first kappa shape index (κ1) is 17.1. The van der Waals surface area contributed by atoms with E-state index in [0.717, 1.165) is 17.7 Å². The van der Waals surface area contributed by atoms with Crippen LogP contribution in [-0.4, -0.2) is 40.7 Å². The third-order valence-electron chi connectivity index (χ3n) is 4.32. The lowest BCUT2D eigenvalue weighted by molar-refractivity contribution is -0.164. The molecule has 0 bridgehead atoms. The van der Waals surface area contributed by atoms with Crippen LogP contribution in [0.1, 0.15) is 44.3 Å². The SMILES string of the molecule is C[C@H](C(=O)O[C@@H](C(=O)NC1CC1)c1ccccc1)N1C(=O)CCC1=O. The molecule has 3 amide bonds. The first-order valence-electron chi connectivity index (χ1n) is 8.38. The number of likely N-dealkylation sites (tertiary alicyclic amines) is 1. The number of rotatable bonds is 6. The van der Waals surface area contributed by atoms with Crippen LogP contribution in [0.15, 0.2) is 30.3 Å². The van der Waals surface area contributed by atoms with Crippen LogP contribution in [0.4, 0.5) is 0 Å². The van der Waals surface area contributed by atoms with Gasteiger partial charge in [-0.2, -0.15) is 0 Å². The van der Waals surface area contributed by atoms with Crippen LogP contribution in [0.5, 0.6) is 0 Å². The van der Waals surface area contributed by atoms with E-state index < -0.39 is 35.8 Å². The molecule has 1 saturated heterocycles. The molecule has 3 rings (SSSR count). The van der Waals surface area contributed by atoms with Crippen molar-refractivity contribution in [3.05, 3.63) is 35.9 Å². The second-order valence-electron chi connectivity index (χ2n) is 6.34. The zero-order valence-electron chi connectivity index (χ0n) is 13.9. The smallest absolute Gasteiger partial charge is 0.330 e. The highest BCUT2D eigenvalue weighted by Crippen LogP contribution is 2.24. The van der Waals surface area contributed by atoms with E-state index in [1.165, 1.54) is 6.92 Å². The van der Waals surface area contributed by atoms with Gasteiger partial charge in [0, 0.05) is 24.4 Å². The molecule has 2 atom stereocenters. The largest absolute Gasteiger partial charge is 0.446 e. The standard InChI is InChI=1S/C18H20N2O5/c1-11(20-14(21)9-10-15(20)22)18(24)25-16(12-5-3-2-4-6-12)17(23)19-13-7-8-13/h2-6,11,13,16H,7-10H2,1H3,(H,19,23)/t11-,16-/m1/s1. The fraction of sp³-hybridized carbons (Fsp3) is 0.444. The van der Waals surface area contributed by atoms with Gasteiger partial charge in [-0.25, -0.2) is 4.79 Å². The highest BCUT2D eigenvalue weighted by atomic mass is 16.5. The Morgan fingerprint density at radius 2 is 1.72 bits per heavy atom. The van der Waals surface area contributed by atoms with E-state index in [4.69, 9.17) is 4.74 Å². The molecule has 0 spiro atoms. The Morgan fingerprint density at radius 1 is 1.12 bits per heavy atom. The summed E-state index contributed by atoms with van der Waals surface area (Å²) in [5.74, 6) is -1.96. The average Bonchev–Trinajstić information content (AvgIpc) is 3.35. The Bertz CT molecular complexity index is 683. The Hall–Kier alpha value is -2.70. The minimum atomic E-state index is -1.11. The number of hydrogen-bond donors (Lipinski definition) is 1.